The van der Waals surface area contributed by atoms with Crippen molar-refractivity contribution in [3.05, 3.63) is 119 Å². The second kappa shape index (κ2) is 15.0. The summed E-state index contributed by atoms with van der Waals surface area (Å²) in [5, 5.41) is 4.68. The summed E-state index contributed by atoms with van der Waals surface area (Å²) in [5.74, 6) is 5.22. The minimum atomic E-state index is -5.07. The number of hydrazine groups is 1. The Bertz CT molecular complexity index is 1590. The standard InChI is InChI=1S/C31H27F8N5.CH3F/c1-43(41)42-29(40)44(17-19-13-23(30(34,35)36)16-24(14-19)31(37,38)39)18-22-15-21(28(32)33)11-12-26(22)27-10-6-5-9-25(27)20-7-3-2-4-8-20;1-2/h2-16,28H,17-18,41H2,1H3,(H2,40,42);1H3. The van der Waals surface area contributed by atoms with Crippen molar-refractivity contribution in [2.24, 2.45) is 16.7 Å². The number of alkyl halides is 9. The van der Waals surface area contributed by atoms with E-state index in [-0.39, 0.29) is 35.3 Å². The molecule has 0 amide bonds. The van der Waals surface area contributed by atoms with E-state index in [0.717, 1.165) is 21.1 Å². The van der Waals surface area contributed by atoms with Gasteiger partial charge in [-0.15, -0.1) is 5.10 Å². The van der Waals surface area contributed by atoms with Gasteiger partial charge in [0, 0.05) is 25.7 Å². The van der Waals surface area contributed by atoms with Crippen LogP contribution in [-0.4, -0.2) is 30.2 Å². The number of nitrogens with two attached hydrogens (primary N) is 2. The molecule has 0 aromatic heterocycles. The van der Waals surface area contributed by atoms with Crippen LogP contribution in [0.15, 0.2) is 96.1 Å². The van der Waals surface area contributed by atoms with E-state index in [2.05, 4.69) is 5.10 Å². The Kier molecular flexibility index (Phi) is 11.7. The van der Waals surface area contributed by atoms with E-state index in [1.807, 2.05) is 36.4 Å². The summed E-state index contributed by atoms with van der Waals surface area (Å²) in [6.07, 6.45) is -13.0. The highest BCUT2D eigenvalue weighted by molar-refractivity contribution is 5.85. The zero-order chi connectivity index (χ0) is 34.2. The van der Waals surface area contributed by atoms with E-state index in [1.165, 1.54) is 25.2 Å². The summed E-state index contributed by atoms with van der Waals surface area (Å²) in [6, 6.07) is 21.5. The molecule has 14 heteroatoms. The van der Waals surface area contributed by atoms with Gasteiger partial charge < -0.3 is 10.6 Å². The van der Waals surface area contributed by atoms with Crippen molar-refractivity contribution in [1.29, 1.82) is 0 Å². The van der Waals surface area contributed by atoms with Gasteiger partial charge in [-0.1, -0.05) is 66.7 Å². The molecule has 246 valence electrons. The number of rotatable bonds is 8. The zero-order valence-electron chi connectivity index (χ0n) is 24.5. The van der Waals surface area contributed by atoms with Gasteiger partial charge >= 0.3 is 12.4 Å². The highest BCUT2D eigenvalue weighted by Gasteiger charge is 2.37. The number of guanidine groups is 1. The Morgan fingerprint density at radius 1 is 0.717 bits per heavy atom. The van der Waals surface area contributed by atoms with Gasteiger partial charge in [0.2, 0.25) is 5.96 Å². The molecular formula is C32H30F9N5. The zero-order valence-corrected chi connectivity index (χ0v) is 24.5. The third kappa shape index (κ3) is 9.16. The van der Waals surface area contributed by atoms with Crippen LogP contribution in [0.4, 0.5) is 39.5 Å². The highest BCUT2D eigenvalue weighted by Crippen LogP contribution is 2.38. The number of hydrogen-bond donors (Lipinski definition) is 2. The fourth-order valence-corrected chi connectivity index (χ4v) is 4.71. The van der Waals surface area contributed by atoms with Crippen molar-refractivity contribution < 1.29 is 39.5 Å². The molecule has 5 nitrogen and oxygen atoms in total. The molecule has 4 rings (SSSR count). The minimum absolute atomic E-state index is 0.0175. The second-order valence-electron chi connectivity index (χ2n) is 9.93. The van der Waals surface area contributed by atoms with Crippen molar-refractivity contribution in [3.8, 4) is 22.3 Å². The molecule has 46 heavy (non-hydrogen) atoms. The lowest BCUT2D eigenvalue weighted by Gasteiger charge is -2.27. The Labute approximate surface area is 259 Å². The first-order chi connectivity index (χ1) is 21.6. The van der Waals surface area contributed by atoms with Crippen molar-refractivity contribution in [2.45, 2.75) is 31.9 Å². The maximum Gasteiger partial charge on any atom is 0.416 e. The van der Waals surface area contributed by atoms with Crippen LogP contribution in [0, 0.1) is 0 Å². The average molecular weight is 656 g/mol. The summed E-state index contributed by atoms with van der Waals surface area (Å²) in [6.45, 7) is -0.908. The predicted molar refractivity (Wildman–Crippen MR) is 159 cm³/mol. The van der Waals surface area contributed by atoms with Crippen molar-refractivity contribution >= 4 is 5.96 Å². The van der Waals surface area contributed by atoms with Gasteiger partial charge in [-0.05, 0) is 57.6 Å². The molecule has 0 fully saturated rings. The Balaban J connectivity index is 0.00000282. The van der Waals surface area contributed by atoms with Gasteiger partial charge in [0.25, 0.3) is 6.43 Å². The van der Waals surface area contributed by atoms with Gasteiger partial charge in [0.1, 0.15) is 0 Å². The van der Waals surface area contributed by atoms with E-state index in [0.29, 0.717) is 30.4 Å². The van der Waals surface area contributed by atoms with Crippen LogP contribution in [0.1, 0.15) is 34.2 Å². The maximum absolute atomic E-state index is 13.9. The molecule has 4 aromatic rings. The van der Waals surface area contributed by atoms with Crippen LogP contribution in [0.25, 0.3) is 22.3 Å². The summed E-state index contributed by atoms with van der Waals surface area (Å²) < 4.78 is 119. The molecule has 4 N–H and O–H groups in total. The smallest absolute Gasteiger partial charge is 0.368 e. The normalized spacial score (nSPS) is 12.1. The first-order valence-electron chi connectivity index (χ1n) is 13.4. The molecule has 0 heterocycles. The van der Waals surface area contributed by atoms with Crippen LogP contribution in [0.5, 0.6) is 0 Å². The summed E-state index contributed by atoms with van der Waals surface area (Å²) in [5.41, 5.74) is 5.40. The monoisotopic (exact) mass is 655 g/mol. The van der Waals surface area contributed by atoms with Crippen molar-refractivity contribution in [1.82, 2.24) is 10.0 Å². The largest absolute Gasteiger partial charge is 0.416 e. The topological polar surface area (TPSA) is 70.9 Å². The fraction of sp³-hybridized carbons (Fsp3) is 0.219. The van der Waals surface area contributed by atoms with Crippen molar-refractivity contribution in [2.75, 3.05) is 14.2 Å². The van der Waals surface area contributed by atoms with Crippen LogP contribution in [-0.2, 0) is 25.4 Å². The lowest BCUT2D eigenvalue weighted by atomic mass is 9.90. The molecule has 0 aliphatic carbocycles. The molecule has 0 bridgehead atoms. The molecule has 4 aromatic carbocycles. The Morgan fingerprint density at radius 2 is 1.26 bits per heavy atom. The lowest BCUT2D eigenvalue weighted by molar-refractivity contribution is -0.143. The Morgan fingerprint density at radius 3 is 1.78 bits per heavy atom. The predicted octanol–water partition coefficient (Wildman–Crippen LogP) is 8.62. The average Bonchev–Trinajstić information content (AvgIpc) is 3.01. The molecule has 0 spiro atoms. The summed E-state index contributed by atoms with van der Waals surface area (Å²) >= 11 is 0. The minimum Gasteiger partial charge on any atom is -0.368 e. The lowest BCUT2D eigenvalue weighted by Crippen LogP contribution is -2.39. The molecular weight excluding hydrogens is 625 g/mol. The summed E-state index contributed by atoms with van der Waals surface area (Å²) in [7, 11) is 1.80. The number of hydrazone groups is 1. The van der Waals surface area contributed by atoms with E-state index in [4.69, 9.17) is 11.6 Å². The fourth-order valence-electron chi connectivity index (χ4n) is 4.71. The third-order valence-electron chi connectivity index (χ3n) is 6.65. The number of halogens is 9. The molecule has 0 aliphatic heterocycles. The van der Waals surface area contributed by atoms with E-state index in [9.17, 15) is 39.5 Å². The Hall–Kier alpha value is -4.72. The van der Waals surface area contributed by atoms with Crippen LogP contribution in [0.2, 0.25) is 0 Å². The summed E-state index contributed by atoms with van der Waals surface area (Å²) in [4.78, 5) is 1.16. The number of nitrogens with zero attached hydrogens (tertiary/aromatic N) is 3. The quantitative estimate of drug-likeness (QED) is 0.0656. The van der Waals surface area contributed by atoms with E-state index < -0.39 is 36.4 Å². The molecule has 0 aliphatic rings. The van der Waals surface area contributed by atoms with Gasteiger partial charge in [0.15, 0.2) is 0 Å². The second-order valence-corrected chi connectivity index (χ2v) is 9.93. The third-order valence-corrected chi connectivity index (χ3v) is 6.65. The highest BCUT2D eigenvalue weighted by atomic mass is 19.4. The van der Waals surface area contributed by atoms with E-state index in [1.54, 1.807) is 18.2 Å². The van der Waals surface area contributed by atoms with Gasteiger partial charge in [-0.25, -0.2) is 19.7 Å². The van der Waals surface area contributed by atoms with E-state index >= 15 is 0 Å². The van der Waals surface area contributed by atoms with Crippen LogP contribution >= 0.6 is 0 Å². The number of benzene rings is 4. The van der Waals surface area contributed by atoms with Gasteiger partial charge in [0.05, 0.1) is 18.3 Å². The van der Waals surface area contributed by atoms with Crippen LogP contribution in [0.3, 0.4) is 0 Å². The molecule has 0 saturated heterocycles. The maximum atomic E-state index is 13.9. The van der Waals surface area contributed by atoms with Gasteiger partial charge in [-0.2, -0.15) is 26.3 Å². The van der Waals surface area contributed by atoms with Crippen molar-refractivity contribution in [3.63, 3.8) is 0 Å². The molecule has 0 radical (unpaired) electrons. The van der Waals surface area contributed by atoms with Crippen LogP contribution < -0.4 is 11.6 Å². The van der Waals surface area contributed by atoms with Gasteiger partial charge in [-0.3, -0.25) is 4.39 Å². The first kappa shape index (κ1) is 35.8. The SMILES string of the molecule is CF.CN(N)/N=C(\N)N(Cc1cc(C(F)(F)F)cc(C(F)(F)F)c1)Cc1cc(C(F)F)ccc1-c1ccccc1-c1ccccc1. The molecule has 0 unspecified atom stereocenters. The molecule has 0 saturated carbocycles. The number of hydrogen-bond acceptors (Lipinski definition) is 3. The first-order valence-corrected chi connectivity index (χ1v) is 13.4. The molecule has 0 atom stereocenters.